The number of anilines is 1. The van der Waals surface area contributed by atoms with Gasteiger partial charge in [-0.1, -0.05) is 18.2 Å². The first-order chi connectivity index (χ1) is 10.8. The van der Waals surface area contributed by atoms with Gasteiger partial charge in [0.1, 0.15) is 0 Å². The zero-order chi connectivity index (χ0) is 15.2. The molecule has 24 heavy (non-hydrogen) atoms. The molecule has 2 saturated heterocycles. The highest BCUT2D eigenvalue weighted by molar-refractivity contribution is 7.99. The molecule has 136 valence electrons. The van der Waals surface area contributed by atoms with Gasteiger partial charge < -0.3 is 10.6 Å². The molecule has 0 aromatic heterocycles. The van der Waals surface area contributed by atoms with Gasteiger partial charge in [0.05, 0.1) is 0 Å². The Morgan fingerprint density at radius 3 is 2.71 bits per heavy atom. The molecule has 2 N–H and O–H groups in total. The average molecular weight is 392 g/mol. The van der Waals surface area contributed by atoms with Gasteiger partial charge in [0.25, 0.3) is 0 Å². The number of hydrogen-bond donors (Lipinski definition) is 2. The first-order valence-electron chi connectivity index (χ1n) is 8.22. The van der Waals surface area contributed by atoms with Crippen molar-refractivity contribution in [2.45, 2.75) is 31.8 Å². The summed E-state index contributed by atoms with van der Waals surface area (Å²) in [4.78, 5) is 14.7. The van der Waals surface area contributed by atoms with E-state index in [2.05, 4.69) is 27.7 Å². The molecule has 2 aliphatic heterocycles. The summed E-state index contributed by atoms with van der Waals surface area (Å²) >= 11 is 2.02. The molecule has 1 amide bonds. The summed E-state index contributed by atoms with van der Waals surface area (Å²) in [5.41, 5.74) is 2.20. The maximum absolute atomic E-state index is 12.2. The van der Waals surface area contributed by atoms with E-state index in [4.69, 9.17) is 0 Å². The van der Waals surface area contributed by atoms with E-state index >= 15 is 0 Å². The summed E-state index contributed by atoms with van der Waals surface area (Å²) in [5, 5.41) is 6.50. The van der Waals surface area contributed by atoms with Crippen LogP contribution in [0.2, 0.25) is 0 Å². The van der Waals surface area contributed by atoms with Gasteiger partial charge in [-0.05, 0) is 31.0 Å². The van der Waals surface area contributed by atoms with E-state index in [-0.39, 0.29) is 30.7 Å². The van der Waals surface area contributed by atoms with Gasteiger partial charge in [-0.15, -0.1) is 24.8 Å². The summed E-state index contributed by atoms with van der Waals surface area (Å²) in [6, 6.07) is 8.56. The highest BCUT2D eigenvalue weighted by atomic mass is 35.5. The number of amides is 1. The Morgan fingerprint density at radius 1 is 1.25 bits per heavy atom. The van der Waals surface area contributed by atoms with Crippen molar-refractivity contribution in [2.75, 3.05) is 36.5 Å². The SMILES string of the molecule is Cl.Cl.O=C(CC1CCCN1)Nc1ccccc1CN1CCSCC1. The number of hydrogen-bond acceptors (Lipinski definition) is 4. The van der Waals surface area contributed by atoms with Gasteiger partial charge in [-0.3, -0.25) is 9.69 Å². The minimum atomic E-state index is 0. The van der Waals surface area contributed by atoms with Crippen molar-refractivity contribution in [3.05, 3.63) is 29.8 Å². The lowest BCUT2D eigenvalue weighted by Crippen LogP contribution is -2.32. The molecule has 1 aromatic rings. The van der Waals surface area contributed by atoms with Crippen LogP contribution in [-0.2, 0) is 11.3 Å². The molecular weight excluding hydrogens is 365 g/mol. The zero-order valence-electron chi connectivity index (χ0n) is 13.8. The number of halogens is 2. The van der Waals surface area contributed by atoms with E-state index in [1.807, 2.05) is 23.9 Å². The molecule has 0 spiro atoms. The van der Waals surface area contributed by atoms with E-state index in [0.29, 0.717) is 12.5 Å². The molecule has 4 nitrogen and oxygen atoms in total. The second-order valence-electron chi connectivity index (χ2n) is 6.09. The Hall–Kier alpha value is -0.460. The number of thioether (sulfide) groups is 1. The summed E-state index contributed by atoms with van der Waals surface area (Å²) in [5.74, 6) is 2.55. The van der Waals surface area contributed by atoms with Crippen LogP contribution in [0.3, 0.4) is 0 Å². The van der Waals surface area contributed by atoms with Crippen LogP contribution in [0.4, 0.5) is 5.69 Å². The minimum Gasteiger partial charge on any atom is -0.326 e. The van der Waals surface area contributed by atoms with E-state index in [1.54, 1.807) is 0 Å². The maximum Gasteiger partial charge on any atom is 0.225 e. The lowest BCUT2D eigenvalue weighted by Gasteiger charge is -2.27. The van der Waals surface area contributed by atoms with Crippen LogP contribution >= 0.6 is 36.6 Å². The molecule has 1 aromatic carbocycles. The van der Waals surface area contributed by atoms with Crippen molar-refractivity contribution in [1.29, 1.82) is 0 Å². The van der Waals surface area contributed by atoms with Crippen molar-refractivity contribution < 1.29 is 4.79 Å². The predicted octanol–water partition coefficient (Wildman–Crippen LogP) is 3.16. The third-order valence-corrected chi connectivity index (χ3v) is 5.33. The van der Waals surface area contributed by atoms with Crippen molar-refractivity contribution >= 4 is 48.2 Å². The number of carbonyl (C=O) groups is 1. The molecule has 1 atom stereocenters. The van der Waals surface area contributed by atoms with Crippen molar-refractivity contribution in [3.63, 3.8) is 0 Å². The Kier molecular flexibility index (Phi) is 10.1. The maximum atomic E-state index is 12.2. The van der Waals surface area contributed by atoms with Gasteiger partial charge in [0.2, 0.25) is 5.91 Å². The molecule has 2 heterocycles. The second kappa shape index (κ2) is 11.2. The first kappa shape index (κ1) is 21.6. The molecular formula is C17H27Cl2N3OS. The van der Waals surface area contributed by atoms with Gasteiger partial charge in [0, 0.05) is 49.3 Å². The fourth-order valence-corrected chi connectivity index (χ4v) is 4.11. The topological polar surface area (TPSA) is 44.4 Å². The second-order valence-corrected chi connectivity index (χ2v) is 7.32. The van der Waals surface area contributed by atoms with E-state index in [1.165, 1.54) is 23.5 Å². The standard InChI is InChI=1S/C17H25N3OS.2ClH/c21-17(12-15-5-3-7-18-15)19-16-6-2-1-4-14(16)13-20-8-10-22-11-9-20;;/h1-2,4,6,15,18H,3,5,7-13H2,(H,19,21);2*1H. The fourth-order valence-electron chi connectivity index (χ4n) is 3.14. The van der Waals surface area contributed by atoms with Crippen molar-refractivity contribution in [3.8, 4) is 0 Å². The summed E-state index contributed by atoms with van der Waals surface area (Å²) in [7, 11) is 0. The van der Waals surface area contributed by atoms with Crippen LogP contribution in [0.15, 0.2) is 24.3 Å². The molecule has 0 saturated carbocycles. The van der Waals surface area contributed by atoms with Crippen LogP contribution in [0.5, 0.6) is 0 Å². The molecule has 0 aliphatic carbocycles. The van der Waals surface area contributed by atoms with Gasteiger partial charge in [-0.2, -0.15) is 11.8 Å². The quantitative estimate of drug-likeness (QED) is 0.808. The monoisotopic (exact) mass is 391 g/mol. The Balaban J connectivity index is 0.00000144. The summed E-state index contributed by atoms with van der Waals surface area (Å²) in [6.07, 6.45) is 2.87. The number of nitrogens with one attached hydrogen (secondary N) is 2. The zero-order valence-corrected chi connectivity index (χ0v) is 16.3. The highest BCUT2D eigenvalue weighted by Gasteiger charge is 2.19. The van der Waals surface area contributed by atoms with Crippen LogP contribution in [0.25, 0.3) is 0 Å². The lowest BCUT2D eigenvalue weighted by atomic mass is 10.1. The molecule has 3 rings (SSSR count). The Morgan fingerprint density at radius 2 is 2.00 bits per heavy atom. The van der Waals surface area contributed by atoms with Gasteiger partial charge in [-0.25, -0.2) is 0 Å². The number of benzene rings is 1. The average Bonchev–Trinajstić information content (AvgIpc) is 3.03. The highest BCUT2D eigenvalue weighted by Crippen LogP contribution is 2.20. The summed E-state index contributed by atoms with van der Waals surface area (Å²) < 4.78 is 0. The van der Waals surface area contributed by atoms with Crippen LogP contribution in [0.1, 0.15) is 24.8 Å². The summed E-state index contributed by atoms with van der Waals surface area (Å²) in [6.45, 7) is 4.25. The van der Waals surface area contributed by atoms with Crippen molar-refractivity contribution in [2.24, 2.45) is 0 Å². The van der Waals surface area contributed by atoms with Crippen LogP contribution in [0, 0.1) is 0 Å². The molecule has 2 aliphatic rings. The van der Waals surface area contributed by atoms with Crippen molar-refractivity contribution in [1.82, 2.24) is 10.2 Å². The number of carbonyl (C=O) groups excluding carboxylic acids is 1. The number of rotatable bonds is 5. The lowest BCUT2D eigenvalue weighted by molar-refractivity contribution is -0.116. The Bertz CT molecular complexity index is 506. The Labute approximate surface area is 161 Å². The van der Waals surface area contributed by atoms with Gasteiger partial charge >= 0.3 is 0 Å². The van der Waals surface area contributed by atoms with E-state index in [9.17, 15) is 4.79 Å². The number of para-hydroxylation sites is 1. The third kappa shape index (κ3) is 6.45. The predicted molar refractivity (Wildman–Crippen MR) is 108 cm³/mol. The van der Waals surface area contributed by atoms with Crippen LogP contribution < -0.4 is 10.6 Å². The fraction of sp³-hybridized carbons (Fsp3) is 0.588. The van der Waals surface area contributed by atoms with Gasteiger partial charge in [0.15, 0.2) is 0 Å². The van der Waals surface area contributed by atoms with E-state index in [0.717, 1.165) is 38.3 Å². The normalized spacial score (nSPS) is 20.8. The molecule has 0 radical (unpaired) electrons. The smallest absolute Gasteiger partial charge is 0.225 e. The third-order valence-electron chi connectivity index (χ3n) is 4.38. The molecule has 7 heteroatoms. The first-order valence-corrected chi connectivity index (χ1v) is 9.38. The van der Waals surface area contributed by atoms with E-state index < -0.39 is 0 Å². The minimum absolute atomic E-state index is 0. The molecule has 2 fully saturated rings. The molecule has 1 unspecified atom stereocenters. The largest absolute Gasteiger partial charge is 0.326 e. The number of nitrogens with zero attached hydrogens (tertiary/aromatic N) is 1. The van der Waals surface area contributed by atoms with Crippen LogP contribution in [-0.4, -0.2) is 48.0 Å². The molecule has 0 bridgehead atoms.